The zero-order chi connectivity index (χ0) is 22.4. The highest BCUT2D eigenvalue weighted by atomic mass is 32.2. The quantitative estimate of drug-likeness (QED) is 0.300. The summed E-state index contributed by atoms with van der Waals surface area (Å²) < 4.78 is 2.33. The van der Waals surface area contributed by atoms with Crippen LogP contribution in [0.15, 0.2) is 107 Å². The molecular formula is C30H25N2S+. The first-order chi connectivity index (χ1) is 16.2. The lowest BCUT2D eigenvalue weighted by molar-refractivity contribution is -0.399. The summed E-state index contributed by atoms with van der Waals surface area (Å²) in [7, 11) is 2.18. The molecule has 2 aliphatic heterocycles. The Kier molecular flexibility index (Phi) is 4.92. The highest BCUT2D eigenvalue weighted by Gasteiger charge is 2.33. The fourth-order valence-electron chi connectivity index (χ4n) is 4.86. The van der Waals surface area contributed by atoms with Crippen molar-refractivity contribution in [3.05, 3.63) is 113 Å². The Morgan fingerprint density at radius 2 is 1.58 bits per heavy atom. The van der Waals surface area contributed by atoms with Gasteiger partial charge in [-0.15, -0.1) is 0 Å². The molecule has 6 rings (SSSR count). The van der Waals surface area contributed by atoms with E-state index in [9.17, 15) is 0 Å². The third-order valence-electron chi connectivity index (χ3n) is 6.50. The Balaban J connectivity index is 1.50. The lowest BCUT2D eigenvalue weighted by Crippen LogP contribution is -2.18. The number of fused-ring (bicyclic) bond motifs is 4. The summed E-state index contributed by atoms with van der Waals surface area (Å²) in [5.74, 6) is 0. The van der Waals surface area contributed by atoms with Gasteiger partial charge < -0.3 is 4.90 Å². The molecule has 0 unspecified atom stereocenters. The van der Waals surface area contributed by atoms with Gasteiger partial charge in [-0.25, -0.2) is 0 Å². The van der Waals surface area contributed by atoms with E-state index in [2.05, 4.69) is 127 Å². The maximum Gasteiger partial charge on any atom is 0.216 e. The standard InChI is InChI=1S/C30H25N2S/c1-3-32-27-18-17-22-13-7-8-14-23(22)30(27)33-29(32)20-28-25(19-21-11-5-4-6-12-21)24-15-9-10-16-26(24)31(28)2/h4-20H,3H2,1-2H3/q+1/b25-19-. The molecule has 0 aliphatic carbocycles. The molecule has 0 atom stereocenters. The lowest BCUT2D eigenvalue weighted by Gasteiger charge is -2.18. The lowest BCUT2D eigenvalue weighted by atomic mass is 10.00. The molecule has 3 heteroatoms. The number of benzene rings is 4. The molecule has 0 saturated heterocycles. The predicted molar refractivity (Wildman–Crippen MR) is 143 cm³/mol. The maximum absolute atomic E-state index is 2.44. The van der Waals surface area contributed by atoms with Crippen molar-refractivity contribution >= 4 is 51.3 Å². The number of rotatable bonds is 3. The van der Waals surface area contributed by atoms with Crippen molar-refractivity contribution in [2.24, 2.45) is 0 Å². The number of anilines is 1. The van der Waals surface area contributed by atoms with E-state index in [0.717, 1.165) is 6.54 Å². The second-order valence-electron chi connectivity index (χ2n) is 8.39. The number of hydrogen-bond donors (Lipinski definition) is 0. The molecular weight excluding hydrogens is 420 g/mol. The van der Waals surface area contributed by atoms with Crippen LogP contribution in [0.5, 0.6) is 0 Å². The van der Waals surface area contributed by atoms with Gasteiger partial charge in [0.2, 0.25) is 11.4 Å². The van der Waals surface area contributed by atoms with Gasteiger partial charge in [0.15, 0.2) is 0 Å². The largest absolute Gasteiger partial charge is 0.335 e. The summed E-state index contributed by atoms with van der Waals surface area (Å²) in [5, 5.41) is 3.90. The molecule has 0 fully saturated rings. The normalized spacial score (nSPS) is 17.3. The molecule has 0 aromatic heterocycles. The average molecular weight is 446 g/mol. The summed E-state index contributed by atoms with van der Waals surface area (Å²) >= 11 is 1.89. The van der Waals surface area contributed by atoms with Gasteiger partial charge in [0.1, 0.15) is 7.05 Å². The fraction of sp³-hybridized carbons (Fsp3) is 0.100. The van der Waals surface area contributed by atoms with Crippen molar-refractivity contribution in [2.75, 3.05) is 18.5 Å². The van der Waals surface area contributed by atoms with Crippen LogP contribution in [0.25, 0.3) is 22.4 Å². The van der Waals surface area contributed by atoms with Crippen LogP contribution in [0.4, 0.5) is 11.4 Å². The van der Waals surface area contributed by atoms with Gasteiger partial charge in [-0.05, 0) is 41.5 Å². The third kappa shape index (κ3) is 3.32. The molecule has 0 N–H and O–H groups in total. The molecule has 0 amide bonds. The third-order valence-corrected chi connectivity index (χ3v) is 7.68. The van der Waals surface area contributed by atoms with Crippen molar-refractivity contribution in [1.82, 2.24) is 0 Å². The van der Waals surface area contributed by atoms with Crippen LogP contribution in [-0.4, -0.2) is 23.9 Å². The first-order valence-corrected chi connectivity index (χ1v) is 12.2. The smallest absolute Gasteiger partial charge is 0.216 e. The topological polar surface area (TPSA) is 6.25 Å². The number of nitrogens with zero attached hydrogens (tertiary/aromatic N) is 2. The van der Waals surface area contributed by atoms with Gasteiger partial charge >= 0.3 is 0 Å². The van der Waals surface area contributed by atoms with E-state index in [-0.39, 0.29) is 0 Å². The summed E-state index contributed by atoms with van der Waals surface area (Å²) in [6, 6.07) is 32.5. The van der Waals surface area contributed by atoms with Crippen molar-refractivity contribution in [2.45, 2.75) is 11.8 Å². The second-order valence-corrected chi connectivity index (χ2v) is 9.42. The van der Waals surface area contributed by atoms with Crippen LogP contribution in [0.2, 0.25) is 0 Å². The first kappa shape index (κ1) is 20.1. The summed E-state index contributed by atoms with van der Waals surface area (Å²) in [6.07, 6.45) is 4.69. The van der Waals surface area contributed by atoms with Crippen LogP contribution in [0, 0.1) is 0 Å². The van der Waals surface area contributed by atoms with Crippen LogP contribution < -0.4 is 4.90 Å². The minimum absolute atomic E-state index is 0.936. The fourth-order valence-corrected chi connectivity index (χ4v) is 6.16. The molecule has 4 aromatic carbocycles. The van der Waals surface area contributed by atoms with E-state index in [0.29, 0.717) is 0 Å². The van der Waals surface area contributed by atoms with E-state index in [1.807, 2.05) is 11.8 Å². The molecule has 160 valence electrons. The van der Waals surface area contributed by atoms with Crippen molar-refractivity contribution in [1.29, 1.82) is 0 Å². The monoisotopic (exact) mass is 445 g/mol. The van der Waals surface area contributed by atoms with Gasteiger partial charge in [0.05, 0.1) is 21.9 Å². The van der Waals surface area contributed by atoms with E-state index in [1.54, 1.807) is 0 Å². The first-order valence-electron chi connectivity index (χ1n) is 11.4. The molecule has 2 nitrogen and oxygen atoms in total. The van der Waals surface area contributed by atoms with Crippen LogP contribution in [0.3, 0.4) is 0 Å². The van der Waals surface area contributed by atoms with Crippen molar-refractivity contribution < 1.29 is 4.58 Å². The van der Waals surface area contributed by atoms with Crippen LogP contribution >= 0.6 is 11.8 Å². The van der Waals surface area contributed by atoms with Gasteiger partial charge in [0, 0.05) is 23.6 Å². The highest BCUT2D eigenvalue weighted by Crippen LogP contribution is 2.50. The number of hydrogen-bond acceptors (Lipinski definition) is 2. The zero-order valence-electron chi connectivity index (χ0n) is 18.8. The number of para-hydroxylation sites is 1. The predicted octanol–water partition coefficient (Wildman–Crippen LogP) is 7.58. The summed E-state index contributed by atoms with van der Waals surface area (Å²) in [5.41, 5.74) is 7.56. The Bertz CT molecular complexity index is 1480. The van der Waals surface area contributed by atoms with Gasteiger partial charge in [-0.1, -0.05) is 84.6 Å². The Hall–Kier alpha value is -3.56. The van der Waals surface area contributed by atoms with Crippen molar-refractivity contribution in [3.63, 3.8) is 0 Å². The molecule has 2 heterocycles. The Labute approximate surface area is 199 Å². The van der Waals surface area contributed by atoms with Crippen LogP contribution in [0.1, 0.15) is 18.1 Å². The molecule has 0 bridgehead atoms. The highest BCUT2D eigenvalue weighted by molar-refractivity contribution is 8.04. The van der Waals surface area contributed by atoms with Crippen molar-refractivity contribution in [3.8, 4) is 0 Å². The Morgan fingerprint density at radius 1 is 0.818 bits per heavy atom. The van der Waals surface area contributed by atoms with E-state index in [1.165, 1.54) is 54.5 Å². The number of thioether (sulfide) groups is 1. The van der Waals surface area contributed by atoms with E-state index >= 15 is 0 Å². The average Bonchev–Trinajstić information content (AvgIpc) is 3.35. The summed E-state index contributed by atoms with van der Waals surface area (Å²) in [4.78, 5) is 3.80. The van der Waals surface area contributed by atoms with Gasteiger partial charge in [-0.3, -0.25) is 0 Å². The molecule has 2 aliphatic rings. The van der Waals surface area contributed by atoms with E-state index < -0.39 is 0 Å². The maximum atomic E-state index is 2.44. The zero-order valence-corrected chi connectivity index (χ0v) is 19.6. The molecule has 4 aromatic rings. The van der Waals surface area contributed by atoms with E-state index in [4.69, 9.17) is 0 Å². The molecule has 33 heavy (non-hydrogen) atoms. The second kappa shape index (κ2) is 8.09. The van der Waals surface area contributed by atoms with Gasteiger partial charge in [-0.2, -0.15) is 4.58 Å². The number of allylic oxidation sites excluding steroid dienone is 2. The summed E-state index contributed by atoms with van der Waals surface area (Å²) in [6.45, 7) is 3.17. The SMILES string of the molecule is CCN1/C(=C/C2=[N+](C)c3ccccc3/C2=C/c2ccccc2)Sc2c1ccc1ccccc21. The minimum atomic E-state index is 0.936. The van der Waals surface area contributed by atoms with Gasteiger partial charge in [0.25, 0.3) is 0 Å². The Morgan fingerprint density at radius 3 is 2.42 bits per heavy atom. The molecule has 0 radical (unpaired) electrons. The molecule has 0 spiro atoms. The van der Waals surface area contributed by atoms with Crippen LogP contribution in [-0.2, 0) is 0 Å². The minimum Gasteiger partial charge on any atom is -0.335 e. The molecule has 0 saturated carbocycles.